The van der Waals surface area contributed by atoms with Crippen LogP contribution < -0.4 is 15.2 Å². The first kappa shape index (κ1) is 26.2. The van der Waals surface area contributed by atoms with Crippen molar-refractivity contribution in [2.24, 2.45) is 7.05 Å². The van der Waals surface area contributed by atoms with Gasteiger partial charge in [0.2, 0.25) is 26.0 Å². The maximum atomic E-state index is 13.0. The Morgan fingerprint density at radius 2 is 1.54 bits per heavy atom. The molecule has 1 amide bonds. The number of hydrogen-bond donors (Lipinski definition) is 1. The van der Waals surface area contributed by atoms with Gasteiger partial charge in [0, 0.05) is 21.1 Å². The molecule has 188 valence electrons. The summed E-state index contributed by atoms with van der Waals surface area (Å²) in [5, 5.41) is 2.53. The second-order valence-corrected chi connectivity index (χ2v) is 12.1. The molecule has 0 unspecified atom stereocenters. The van der Waals surface area contributed by atoms with Gasteiger partial charge in [-0.3, -0.25) is 18.6 Å². The maximum Gasteiger partial charge on any atom is 0.295 e. The third-order valence-electron chi connectivity index (χ3n) is 5.41. The first-order valence-corrected chi connectivity index (χ1v) is 13.7. The Kier molecular flexibility index (Phi) is 7.24. The van der Waals surface area contributed by atoms with Crippen LogP contribution in [0, 0.1) is 6.92 Å². The van der Waals surface area contributed by atoms with Crippen molar-refractivity contribution in [2.75, 3.05) is 36.5 Å². The molecule has 0 saturated heterocycles. The molecule has 0 spiro atoms. The Hall–Kier alpha value is -3.42. The zero-order valence-corrected chi connectivity index (χ0v) is 21.6. The van der Waals surface area contributed by atoms with Crippen LogP contribution in [0.25, 0.3) is 5.69 Å². The molecule has 0 bridgehead atoms. The number of carbonyl (C=O) groups excluding carboxylic acids is 1. The molecular weight excluding hydrogens is 494 g/mol. The van der Waals surface area contributed by atoms with Gasteiger partial charge < -0.3 is 5.32 Å². The van der Waals surface area contributed by atoms with Crippen molar-refractivity contribution in [2.45, 2.75) is 11.8 Å². The summed E-state index contributed by atoms with van der Waals surface area (Å²) in [5.74, 6) is -0.730. The van der Waals surface area contributed by atoms with Gasteiger partial charge in [-0.25, -0.2) is 25.8 Å². The minimum absolute atomic E-state index is 0.0227. The summed E-state index contributed by atoms with van der Waals surface area (Å²) >= 11 is 0. The molecule has 0 radical (unpaired) electrons. The monoisotopic (exact) mass is 521 g/mol. The highest BCUT2D eigenvalue weighted by molar-refractivity contribution is 7.92. The van der Waals surface area contributed by atoms with Crippen LogP contribution in [-0.2, 0) is 31.9 Å². The lowest BCUT2D eigenvalue weighted by Crippen LogP contribution is -2.38. The number of benzene rings is 2. The van der Waals surface area contributed by atoms with Crippen LogP contribution in [0.4, 0.5) is 11.4 Å². The van der Waals surface area contributed by atoms with Crippen LogP contribution >= 0.6 is 0 Å². The van der Waals surface area contributed by atoms with E-state index in [0.717, 1.165) is 14.9 Å². The predicted octanol–water partition coefficient (Wildman–Crippen LogP) is 1.14. The molecule has 3 rings (SSSR count). The normalized spacial score (nSPS) is 12.1. The number of amides is 1. The van der Waals surface area contributed by atoms with Gasteiger partial charge in [-0.1, -0.05) is 18.2 Å². The van der Waals surface area contributed by atoms with Crippen molar-refractivity contribution in [1.29, 1.82) is 0 Å². The summed E-state index contributed by atoms with van der Waals surface area (Å²) in [6, 6.07) is 14.0. The number of nitrogens with one attached hydrogen (secondary N) is 1. The van der Waals surface area contributed by atoms with E-state index in [1.165, 1.54) is 43.0 Å². The molecular formula is C22H27N5O6S2. The van der Waals surface area contributed by atoms with Crippen molar-refractivity contribution in [3.63, 3.8) is 0 Å². The number of carbonyl (C=O) groups is 1. The summed E-state index contributed by atoms with van der Waals surface area (Å²) in [6.45, 7) is 1.05. The lowest BCUT2D eigenvalue weighted by Gasteiger charge is -2.22. The zero-order chi connectivity index (χ0) is 26.1. The van der Waals surface area contributed by atoms with E-state index in [2.05, 4.69) is 5.32 Å². The van der Waals surface area contributed by atoms with Crippen LogP contribution in [0.3, 0.4) is 0 Å². The molecule has 3 aromatic rings. The second-order valence-electron chi connectivity index (χ2n) is 8.04. The number of anilines is 2. The minimum Gasteiger partial charge on any atom is -0.318 e. The standard InChI is InChI=1S/C22H27N5O6S2/c1-16-21(22(29)27(25(16)4)18-9-7-6-8-10-18)23-20(28)15-26(34(5,30)31)17-11-13-19(14-12-17)35(32,33)24(2)3/h6-14H,15H2,1-5H3,(H,23,28). The average molecular weight is 522 g/mol. The topological polar surface area (TPSA) is 131 Å². The fraction of sp³-hybridized carbons (Fsp3) is 0.273. The molecule has 0 atom stereocenters. The van der Waals surface area contributed by atoms with Crippen LogP contribution in [0.2, 0.25) is 0 Å². The van der Waals surface area contributed by atoms with Gasteiger partial charge in [0.25, 0.3) is 5.56 Å². The molecule has 0 saturated carbocycles. The Labute approximate surface area is 204 Å². The fourth-order valence-corrected chi connectivity index (χ4v) is 5.17. The van der Waals surface area contributed by atoms with Crippen molar-refractivity contribution in [1.82, 2.24) is 13.7 Å². The third kappa shape index (κ3) is 5.31. The summed E-state index contributed by atoms with van der Waals surface area (Å²) in [7, 11) is -3.18. The van der Waals surface area contributed by atoms with E-state index in [-0.39, 0.29) is 16.3 Å². The number of aromatic nitrogens is 2. The smallest absolute Gasteiger partial charge is 0.295 e. The summed E-state index contributed by atoms with van der Waals surface area (Å²) in [5.41, 5.74) is 0.758. The van der Waals surface area contributed by atoms with E-state index >= 15 is 0 Å². The Morgan fingerprint density at radius 3 is 2.06 bits per heavy atom. The van der Waals surface area contributed by atoms with Gasteiger partial charge in [-0.15, -0.1) is 0 Å². The van der Waals surface area contributed by atoms with E-state index in [1.54, 1.807) is 42.9 Å². The van der Waals surface area contributed by atoms with Crippen LogP contribution in [0.5, 0.6) is 0 Å². The third-order valence-corrected chi connectivity index (χ3v) is 8.38. The number of para-hydroxylation sites is 1. The first-order chi connectivity index (χ1) is 16.2. The first-order valence-electron chi connectivity index (χ1n) is 10.4. The van der Waals surface area contributed by atoms with Crippen LogP contribution in [-0.4, -0.2) is 63.3 Å². The summed E-state index contributed by atoms with van der Waals surface area (Å²) in [4.78, 5) is 25.8. The quantitative estimate of drug-likeness (QED) is 0.473. The van der Waals surface area contributed by atoms with Crippen LogP contribution in [0.15, 0.2) is 64.3 Å². The largest absolute Gasteiger partial charge is 0.318 e. The Morgan fingerprint density at radius 1 is 0.971 bits per heavy atom. The predicted molar refractivity (Wildman–Crippen MR) is 134 cm³/mol. The van der Waals surface area contributed by atoms with Crippen LogP contribution in [0.1, 0.15) is 5.69 Å². The second kappa shape index (κ2) is 9.68. The SMILES string of the molecule is Cc1c(NC(=O)CN(c2ccc(S(=O)(=O)N(C)C)cc2)S(C)(=O)=O)c(=O)n(-c2ccccc2)n1C. The maximum absolute atomic E-state index is 13.0. The molecule has 1 N–H and O–H groups in total. The molecule has 35 heavy (non-hydrogen) atoms. The fourth-order valence-electron chi connectivity index (χ4n) is 3.42. The van der Waals surface area contributed by atoms with Crippen molar-refractivity contribution in [3.8, 4) is 5.69 Å². The lowest BCUT2D eigenvalue weighted by atomic mass is 10.3. The molecule has 11 nitrogen and oxygen atoms in total. The van der Waals surface area contributed by atoms with Gasteiger partial charge in [-0.05, 0) is 43.3 Å². The minimum atomic E-state index is -3.91. The van der Waals surface area contributed by atoms with E-state index in [0.29, 0.717) is 11.4 Å². The number of nitrogens with zero attached hydrogens (tertiary/aromatic N) is 4. The van der Waals surface area contributed by atoms with E-state index in [1.807, 2.05) is 6.07 Å². The summed E-state index contributed by atoms with van der Waals surface area (Å²) < 4.78 is 54.3. The molecule has 13 heteroatoms. The zero-order valence-electron chi connectivity index (χ0n) is 20.0. The highest BCUT2D eigenvalue weighted by atomic mass is 32.2. The molecule has 0 aliphatic heterocycles. The molecule has 2 aromatic carbocycles. The highest BCUT2D eigenvalue weighted by Crippen LogP contribution is 2.22. The molecule has 0 fully saturated rings. The van der Waals surface area contributed by atoms with E-state index in [4.69, 9.17) is 0 Å². The van der Waals surface area contributed by atoms with Gasteiger partial charge in [0.05, 0.1) is 28.2 Å². The molecule has 1 heterocycles. The number of rotatable bonds is 8. The lowest BCUT2D eigenvalue weighted by molar-refractivity contribution is -0.114. The van der Waals surface area contributed by atoms with E-state index < -0.39 is 38.1 Å². The molecule has 0 aliphatic rings. The van der Waals surface area contributed by atoms with Gasteiger partial charge in [0.15, 0.2) is 0 Å². The van der Waals surface area contributed by atoms with Gasteiger partial charge >= 0.3 is 0 Å². The Bertz CT molecular complexity index is 1510. The Balaban J connectivity index is 1.90. The summed E-state index contributed by atoms with van der Waals surface area (Å²) in [6.07, 6.45) is 0.931. The average Bonchev–Trinajstić information content (AvgIpc) is 3.00. The van der Waals surface area contributed by atoms with Gasteiger partial charge in [-0.2, -0.15) is 0 Å². The highest BCUT2D eigenvalue weighted by Gasteiger charge is 2.25. The van der Waals surface area contributed by atoms with Gasteiger partial charge in [0.1, 0.15) is 12.2 Å². The van der Waals surface area contributed by atoms with Crippen molar-refractivity contribution < 1.29 is 21.6 Å². The number of hydrogen-bond acceptors (Lipinski definition) is 6. The van der Waals surface area contributed by atoms with E-state index in [9.17, 15) is 26.4 Å². The van der Waals surface area contributed by atoms with Crippen molar-refractivity contribution in [3.05, 3.63) is 70.6 Å². The number of sulfonamides is 2. The molecule has 1 aromatic heterocycles. The van der Waals surface area contributed by atoms with Crippen molar-refractivity contribution >= 4 is 37.3 Å². The molecule has 0 aliphatic carbocycles.